The molecule has 3 N–H and O–H groups in total. The fourth-order valence-corrected chi connectivity index (χ4v) is 3.30. The van der Waals surface area contributed by atoms with E-state index < -0.39 is 53.0 Å². The zero-order chi connectivity index (χ0) is 20.7. The number of aliphatic hydroxyl groups is 3. The first kappa shape index (κ1) is 21.0. The van der Waals surface area contributed by atoms with Crippen molar-refractivity contribution in [1.82, 2.24) is 0 Å². The van der Waals surface area contributed by atoms with E-state index in [1.165, 1.54) is 0 Å². The maximum absolute atomic E-state index is 12.6. The number of hydrogen-bond acceptors (Lipinski definition) is 9. The lowest BCUT2D eigenvalue weighted by Crippen LogP contribution is -2.44. The quantitative estimate of drug-likeness (QED) is 0.415. The Bertz CT molecular complexity index is 785. The van der Waals surface area contributed by atoms with Gasteiger partial charge in [0.15, 0.2) is 29.9 Å². The first-order valence-electron chi connectivity index (χ1n) is 8.21. The van der Waals surface area contributed by atoms with Gasteiger partial charge in [0.2, 0.25) is 5.76 Å². The smallest absolute Gasteiger partial charge is 0.378 e. The molecular formula is C18H22O8S. The Hall–Kier alpha value is -2.26. The van der Waals surface area contributed by atoms with Gasteiger partial charge < -0.3 is 24.8 Å². The number of carbonyl (C=O) groups is 3. The average Bonchev–Trinajstić information content (AvgIpc) is 2.82. The Balaban J connectivity index is 2.20. The Morgan fingerprint density at radius 3 is 2.44 bits per heavy atom. The molecule has 0 radical (unpaired) electrons. The Morgan fingerprint density at radius 1 is 1.37 bits per heavy atom. The number of esters is 2. The lowest BCUT2D eigenvalue weighted by molar-refractivity contribution is -0.172. The standard InChI is InChI=1S/C18H22O8S/c1-7(27)5-9-8(2)11(19)10(6-18(9,3)4)25-17(24)14(22)15-12(20)13(21)16(23)26-15/h5,10,14-15,20-22,27H,6H2,1-4H3/b7-5-/t10?,14-,15+/m1/s1. The van der Waals surface area contributed by atoms with Crippen LogP contribution in [0.25, 0.3) is 0 Å². The predicted octanol–water partition coefficient (Wildman–Crippen LogP) is 1.66. The van der Waals surface area contributed by atoms with E-state index in [9.17, 15) is 29.7 Å². The summed E-state index contributed by atoms with van der Waals surface area (Å²) in [4.78, 5) is 36.7. The van der Waals surface area contributed by atoms with E-state index in [-0.39, 0.29) is 6.42 Å². The Kier molecular flexibility index (Phi) is 5.77. The fraction of sp³-hybridized carbons (Fsp3) is 0.500. The van der Waals surface area contributed by atoms with Gasteiger partial charge >= 0.3 is 11.9 Å². The van der Waals surface area contributed by atoms with Gasteiger partial charge in [-0.25, -0.2) is 9.59 Å². The van der Waals surface area contributed by atoms with Crippen LogP contribution in [0.15, 0.2) is 33.6 Å². The van der Waals surface area contributed by atoms with Gasteiger partial charge in [0.05, 0.1) is 0 Å². The summed E-state index contributed by atoms with van der Waals surface area (Å²) < 4.78 is 9.67. The van der Waals surface area contributed by atoms with Crippen LogP contribution >= 0.6 is 12.6 Å². The highest BCUT2D eigenvalue weighted by atomic mass is 32.1. The van der Waals surface area contributed by atoms with Crippen molar-refractivity contribution >= 4 is 30.4 Å². The summed E-state index contributed by atoms with van der Waals surface area (Å²) >= 11 is 4.24. The number of cyclic esters (lactones) is 1. The van der Waals surface area contributed by atoms with Gasteiger partial charge in [0.1, 0.15) is 0 Å². The minimum absolute atomic E-state index is 0.173. The maximum Gasteiger partial charge on any atom is 0.378 e. The minimum atomic E-state index is -2.08. The zero-order valence-electron chi connectivity index (χ0n) is 15.3. The average molecular weight is 398 g/mol. The summed E-state index contributed by atoms with van der Waals surface area (Å²) in [5, 5.41) is 28.8. The molecule has 2 rings (SSSR count). The van der Waals surface area contributed by atoms with Gasteiger partial charge in [-0.05, 0) is 41.4 Å². The molecule has 1 heterocycles. The number of Topliss-reactive ketones (excluding diaryl/α,β-unsaturated/α-hetero) is 1. The highest BCUT2D eigenvalue weighted by molar-refractivity contribution is 7.84. The second-order valence-corrected chi connectivity index (χ2v) is 7.91. The van der Waals surface area contributed by atoms with Crippen molar-refractivity contribution < 1.29 is 39.2 Å². The van der Waals surface area contributed by atoms with Crippen LogP contribution in [0, 0.1) is 5.41 Å². The summed E-state index contributed by atoms with van der Waals surface area (Å²) in [6.07, 6.45) is -3.05. The van der Waals surface area contributed by atoms with E-state index >= 15 is 0 Å². The number of carbonyl (C=O) groups excluding carboxylic acids is 3. The maximum atomic E-state index is 12.6. The molecule has 1 aliphatic heterocycles. The SMILES string of the molecule is CC1=C(/C=C(/C)S)C(C)(C)CC(OC(=O)[C@H](O)[C@H]2OC(=O)C(O)=C2O)C1=O. The number of ether oxygens (including phenoxy) is 2. The third-order valence-electron chi connectivity index (χ3n) is 4.57. The molecule has 2 aliphatic rings. The Labute approximate surface area is 161 Å². The number of allylic oxidation sites excluding steroid dienone is 3. The molecule has 1 unspecified atom stereocenters. The summed E-state index contributed by atoms with van der Waals surface area (Å²) in [5.41, 5.74) is 0.695. The topological polar surface area (TPSA) is 130 Å². The summed E-state index contributed by atoms with van der Waals surface area (Å²) in [6, 6.07) is 0. The number of rotatable bonds is 4. The lowest BCUT2D eigenvalue weighted by atomic mass is 9.71. The van der Waals surface area contributed by atoms with E-state index in [1.807, 2.05) is 13.8 Å². The molecule has 148 valence electrons. The highest BCUT2D eigenvalue weighted by Gasteiger charge is 2.45. The molecule has 0 aromatic heterocycles. The predicted molar refractivity (Wildman–Crippen MR) is 96.9 cm³/mol. The molecular weight excluding hydrogens is 376 g/mol. The molecule has 0 saturated heterocycles. The van der Waals surface area contributed by atoms with Gasteiger partial charge in [0, 0.05) is 6.42 Å². The molecule has 0 aromatic carbocycles. The van der Waals surface area contributed by atoms with Crippen LogP contribution in [0.5, 0.6) is 0 Å². The molecule has 27 heavy (non-hydrogen) atoms. The first-order chi connectivity index (χ1) is 12.4. The number of thiol groups is 1. The monoisotopic (exact) mass is 398 g/mol. The second-order valence-electron chi connectivity index (χ2n) is 7.21. The van der Waals surface area contributed by atoms with Gasteiger partial charge in [-0.15, -0.1) is 12.6 Å². The largest absolute Gasteiger partial charge is 0.505 e. The van der Waals surface area contributed by atoms with E-state index in [0.29, 0.717) is 5.57 Å². The van der Waals surface area contributed by atoms with Crippen LogP contribution in [0.1, 0.15) is 34.1 Å². The molecule has 0 aromatic rings. The van der Waals surface area contributed by atoms with Crippen molar-refractivity contribution in [2.24, 2.45) is 5.41 Å². The molecule has 0 amide bonds. The highest BCUT2D eigenvalue weighted by Crippen LogP contribution is 2.41. The first-order valence-corrected chi connectivity index (χ1v) is 8.66. The lowest BCUT2D eigenvalue weighted by Gasteiger charge is -2.36. The second kappa shape index (κ2) is 7.40. The van der Waals surface area contributed by atoms with Crippen molar-refractivity contribution in [3.63, 3.8) is 0 Å². The van der Waals surface area contributed by atoms with Crippen molar-refractivity contribution in [2.45, 2.75) is 52.4 Å². The van der Waals surface area contributed by atoms with Crippen LogP contribution in [-0.4, -0.2) is 51.4 Å². The van der Waals surface area contributed by atoms with Crippen LogP contribution in [0.2, 0.25) is 0 Å². The molecule has 1 aliphatic carbocycles. The third kappa shape index (κ3) is 4.03. The summed E-state index contributed by atoms with van der Waals surface area (Å²) in [5.74, 6) is -4.98. The zero-order valence-corrected chi connectivity index (χ0v) is 16.2. The summed E-state index contributed by atoms with van der Waals surface area (Å²) in [6.45, 7) is 7.17. The Morgan fingerprint density at radius 2 is 1.96 bits per heavy atom. The van der Waals surface area contributed by atoms with Gasteiger partial charge in [-0.2, -0.15) is 0 Å². The van der Waals surface area contributed by atoms with Crippen LogP contribution in [0.3, 0.4) is 0 Å². The minimum Gasteiger partial charge on any atom is -0.505 e. The van der Waals surface area contributed by atoms with Crippen molar-refractivity contribution in [2.75, 3.05) is 0 Å². The van der Waals surface area contributed by atoms with E-state index in [2.05, 4.69) is 17.4 Å². The van der Waals surface area contributed by atoms with Crippen LogP contribution in [-0.2, 0) is 23.9 Å². The fourth-order valence-electron chi connectivity index (χ4n) is 3.17. The number of ketones is 1. The molecule has 0 spiro atoms. The van der Waals surface area contributed by atoms with Crippen molar-refractivity contribution in [3.8, 4) is 0 Å². The molecule has 0 saturated carbocycles. The molecule has 8 nitrogen and oxygen atoms in total. The summed E-state index contributed by atoms with van der Waals surface area (Å²) in [7, 11) is 0. The van der Waals surface area contributed by atoms with Crippen molar-refractivity contribution in [1.29, 1.82) is 0 Å². The van der Waals surface area contributed by atoms with Crippen LogP contribution < -0.4 is 0 Å². The molecule has 0 bridgehead atoms. The third-order valence-corrected chi connectivity index (χ3v) is 4.70. The molecule has 0 fully saturated rings. The number of hydrogen-bond donors (Lipinski definition) is 4. The van der Waals surface area contributed by atoms with Crippen LogP contribution in [0.4, 0.5) is 0 Å². The van der Waals surface area contributed by atoms with E-state index in [0.717, 1.165) is 10.5 Å². The van der Waals surface area contributed by atoms with E-state index in [1.54, 1.807) is 19.9 Å². The molecule has 9 heteroatoms. The van der Waals surface area contributed by atoms with E-state index in [4.69, 9.17) is 4.74 Å². The number of aliphatic hydroxyl groups excluding tert-OH is 3. The molecule has 3 atom stereocenters. The van der Waals surface area contributed by atoms with Crippen molar-refractivity contribution in [3.05, 3.63) is 33.6 Å². The van der Waals surface area contributed by atoms with Gasteiger partial charge in [0.25, 0.3) is 0 Å². The van der Waals surface area contributed by atoms with Gasteiger partial charge in [-0.3, -0.25) is 4.79 Å². The van der Waals surface area contributed by atoms with Gasteiger partial charge in [-0.1, -0.05) is 13.8 Å². The normalized spacial score (nSPS) is 27.0.